The second-order valence-electron chi connectivity index (χ2n) is 5.22. The molecule has 108 valence electrons. The molecule has 0 spiro atoms. The highest BCUT2D eigenvalue weighted by Crippen LogP contribution is 2.18. The molecule has 2 atom stereocenters. The third-order valence-corrected chi connectivity index (χ3v) is 3.78. The summed E-state index contributed by atoms with van der Waals surface area (Å²) in [6, 6.07) is 16.2. The van der Waals surface area contributed by atoms with E-state index in [1.54, 1.807) is 18.2 Å². The van der Waals surface area contributed by atoms with Gasteiger partial charge < -0.3 is 5.32 Å². The second-order valence-corrected chi connectivity index (χ2v) is 5.22. The van der Waals surface area contributed by atoms with Crippen molar-refractivity contribution in [3.63, 3.8) is 0 Å². The van der Waals surface area contributed by atoms with Crippen molar-refractivity contribution >= 4 is 5.91 Å². The maximum atomic E-state index is 13.7. The highest BCUT2D eigenvalue weighted by Gasteiger charge is 2.28. The van der Waals surface area contributed by atoms with Crippen LogP contribution in [0, 0.1) is 5.82 Å². The molecule has 2 aromatic rings. The van der Waals surface area contributed by atoms with Crippen LogP contribution in [0.15, 0.2) is 54.6 Å². The summed E-state index contributed by atoms with van der Waals surface area (Å²) in [5.74, 6) is -0.348. The lowest BCUT2D eigenvalue weighted by Gasteiger charge is -2.31. The fourth-order valence-corrected chi connectivity index (χ4v) is 2.64. The number of nitrogens with one attached hydrogen (secondary N) is 2. The van der Waals surface area contributed by atoms with Crippen molar-refractivity contribution in [2.24, 2.45) is 0 Å². The first-order valence-corrected chi connectivity index (χ1v) is 7.06. The molecule has 1 aliphatic rings. The Bertz CT molecular complexity index is 630. The molecule has 0 saturated carbocycles. The number of halogens is 1. The van der Waals surface area contributed by atoms with Crippen molar-refractivity contribution in [2.45, 2.75) is 18.5 Å². The molecule has 3 rings (SSSR count). The van der Waals surface area contributed by atoms with Crippen LogP contribution >= 0.6 is 0 Å². The minimum atomic E-state index is -0.416. The smallest absolute Gasteiger partial charge is 0.237 e. The summed E-state index contributed by atoms with van der Waals surface area (Å²) >= 11 is 0. The third-order valence-electron chi connectivity index (χ3n) is 3.78. The van der Waals surface area contributed by atoms with Gasteiger partial charge in [0.15, 0.2) is 0 Å². The van der Waals surface area contributed by atoms with E-state index in [1.165, 1.54) is 6.07 Å². The van der Waals surface area contributed by atoms with Crippen molar-refractivity contribution in [1.82, 2.24) is 10.6 Å². The SMILES string of the molecule is O=C1NCC(c2ccccc2)NC1Cc1ccccc1F. The molecule has 2 unspecified atom stereocenters. The standard InChI is InChI=1S/C17H17FN2O/c18-14-9-5-4-8-13(14)10-15-17(21)19-11-16(20-15)12-6-2-1-3-7-12/h1-9,15-16,20H,10-11H2,(H,19,21). The van der Waals surface area contributed by atoms with Crippen LogP contribution in [0.2, 0.25) is 0 Å². The zero-order chi connectivity index (χ0) is 14.7. The molecule has 0 aliphatic carbocycles. The predicted molar refractivity (Wildman–Crippen MR) is 79.2 cm³/mol. The molecule has 0 aromatic heterocycles. The molecule has 3 nitrogen and oxygen atoms in total. The normalized spacial score (nSPS) is 21.9. The first-order valence-electron chi connectivity index (χ1n) is 7.06. The van der Waals surface area contributed by atoms with Gasteiger partial charge in [0.1, 0.15) is 5.82 Å². The van der Waals surface area contributed by atoms with Crippen LogP contribution in [-0.2, 0) is 11.2 Å². The van der Waals surface area contributed by atoms with Crippen molar-refractivity contribution in [3.8, 4) is 0 Å². The van der Waals surface area contributed by atoms with Gasteiger partial charge in [0.2, 0.25) is 5.91 Å². The van der Waals surface area contributed by atoms with Crippen LogP contribution in [0.1, 0.15) is 17.2 Å². The summed E-state index contributed by atoms with van der Waals surface area (Å²) in [6.07, 6.45) is 0.349. The van der Waals surface area contributed by atoms with Crippen LogP contribution in [0.25, 0.3) is 0 Å². The van der Waals surface area contributed by atoms with Gasteiger partial charge in [-0.2, -0.15) is 0 Å². The lowest BCUT2D eigenvalue weighted by molar-refractivity contribution is -0.125. The highest BCUT2D eigenvalue weighted by atomic mass is 19.1. The average molecular weight is 284 g/mol. The number of amides is 1. The number of benzene rings is 2. The number of carbonyl (C=O) groups excluding carboxylic acids is 1. The Morgan fingerprint density at radius 3 is 2.52 bits per heavy atom. The lowest BCUT2D eigenvalue weighted by Crippen LogP contribution is -2.55. The van der Waals surface area contributed by atoms with Crippen LogP contribution < -0.4 is 10.6 Å². The molecule has 2 aromatic carbocycles. The lowest BCUT2D eigenvalue weighted by atomic mass is 9.98. The monoisotopic (exact) mass is 284 g/mol. The molecule has 1 fully saturated rings. The number of hydrogen-bond donors (Lipinski definition) is 2. The Balaban J connectivity index is 1.75. The molecule has 0 bridgehead atoms. The minimum absolute atomic E-state index is 0.0562. The average Bonchev–Trinajstić information content (AvgIpc) is 2.52. The van der Waals surface area contributed by atoms with E-state index in [9.17, 15) is 9.18 Å². The van der Waals surface area contributed by atoms with Gasteiger partial charge in [-0.1, -0.05) is 48.5 Å². The zero-order valence-corrected chi connectivity index (χ0v) is 11.6. The van der Waals surface area contributed by atoms with Crippen LogP contribution in [-0.4, -0.2) is 18.5 Å². The maximum absolute atomic E-state index is 13.7. The van der Waals surface area contributed by atoms with Crippen molar-refractivity contribution < 1.29 is 9.18 Å². The van der Waals surface area contributed by atoms with Crippen molar-refractivity contribution in [2.75, 3.05) is 6.54 Å². The molecule has 1 heterocycles. The van der Waals surface area contributed by atoms with Gasteiger partial charge in [0.05, 0.1) is 12.1 Å². The highest BCUT2D eigenvalue weighted by molar-refractivity contribution is 5.83. The summed E-state index contributed by atoms with van der Waals surface area (Å²) < 4.78 is 13.7. The quantitative estimate of drug-likeness (QED) is 0.907. The molecule has 2 N–H and O–H groups in total. The van der Waals surface area contributed by atoms with E-state index in [0.717, 1.165) is 5.56 Å². The van der Waals surface area contributed by atoms with Gasteiger partial charge in [-0.25, -0.2) is 4.39 Å². The van der Waals surface area contributed by atoms with Gasteiger partial charge in [0.25, 0.3) is 0 Å². The van der Waals surface area contributed by atoms with E-state index in [1.807, 2.05) is 30.3 Å². The molecule has 0 radical (unpaired) electrons. The van der Waals surface area contributed by atoms with E-state index >= 15 is 0 Å². The maximum Gasteiger partial charge on any atom is 0.237 e. The third kappa shape index (κ3) is 3.11. The van der Waals surface area contributed by atoms with Gasteiger partial charge in [-0.15, -0.1) is 0 Å². The minimum Gasteiger partial charge on any atom is -0.353 e. The Hall–Kier alpha value is -2.20. The first kappa shape index (κ1) is 13.8. The van der Waals surface area contributed by atoms with Crippen LogP contribution in [0.3, 0.4) is 0 Å². The molecular formula is C17H17FN2O. The number of hydrogen-bond acceptors (Lipinski definition) is 2. The van der Waals surface area contributed by atoms with E-state index in [0.29, 0.717) is 18.5 Å². The van der Waals surface area contributed by atoms with Crippen molar-refractivity contribution in [3.05, 3.63) is 71.5 Å². The van der Waals surface area contributed by atoms with Gasteiger partial charge in [-0.05, 0) is 23.6 Å². The Labute approximate surface area is 123 Å². The molecule has 1 aliphatic heterocycles. The summed E-state index contributed by atoms with van der Waals surface area (Å²) in [6.45, 7) is 0.552. The zero-order valence-electron chi connectivity index (χ0n) is 11.6. The number of rotatable bonds is 3. The Kier molecular flexibility index (Phi) is 3.97. The predicted octanol–water partition coefficient (Wildman–Crippen LogP) is 2.20. The Morgan fingerprint density at radius 1 is 1.05 bits per heavy atom. The number of piperazine rings is 1. The Morgan fingerprint density at radius 2 is 1.76 bits per heavy atom. The fourth-order valence-electron chi connectivity index (χ4n) is 2.64. The molecule has 1 amide bonds. The van der Waals surface area contributed by atoms with Crippen molar-refractivity contribution in [1.29, 1.82) is 0 Å². The second kappa shape index (κ2) is 6.06. The van der Waals surface area contributed by atoms with Crippen LogP contribution in [0.5, 0.6) is 0 Å². The topological polar surface area (TPSA) is 41.1 Å². The van der Waals surface area contributed by atoms with E-state index in [4.69, 9.17) is 0 Å². The summed E-state index contributed by atoms with van der Waals surface area (Å²) in [7, 11) is 0. The van der Waals surface area contributed by atoms with E-state index < -0.39 is 6.04 Å². The van der Waals surface area contributed by atoms with Gasteiger partial charge >= 0.3 is 0 Å². The molecule has 1 saturated heterocycles. The van der Waals surface area contributed by atoms with Gasteiger partial charge in [0, 0.05) is 6.54 Å². The van der Waals surface area contributed by atoms with Crippen LogP contribution in [0.4, 0.5) is 4.39 Å². The van der Waals surface area contributed by atoms with E-state index in [2.05, 4.69) is 10.6 Å². The fraction of sp³-hybridized carbons (Fsp3) is 0.235. The summed E-state index contributed by atoms with van der Waals surface area (Å²) in [4.78, 5) is 12.0. The summed E-state index contributed by atoms with van der Waals surface area (Å²) in [5, 5.41) is 6.21. The molecule has 4 heteroatoms. The summed E-state index contributed by atoms with van der Waals surface area (Å²) in [5.41, 5.74) is 1.68. The molecular weight excluding hydrogens is 267 g/mol. The molecule has 21 heavy (non-hydrogen) atoms. The van der Waals surface area contributed by atoms with E-state index in [-0.39, 0.29) is 17.8 Å². The number of carbonyl (C=O) groups is 1. The van der Waals surface area contributed by atoms with Gasteiger partial charge in [-0.3, -0.25) is 10.1 Å². The largest absolute Gasteiger partial charge is 0.353 e. The first-order chi connectivity index (χ1) is 10.2.